The van der Waals surface area contributed by atoms with E-state index in [1.165, 1.54) is 6.07 Å². The number of nitrogens with one attached hydrogen (secondary N) is 3. The normalized spacial score (nSPS) is 13.2. The van der Waals surface area contributed by atoms with Crippen molar-refractivity contribution in [3.05, 3.63) is 99.2 Å². The zero-order valence-electron chi connectivity index (χ0n) is 20.4. The largest absolute Gasteiger partial charge is 0.493 e. The highest BCUT2D eigenvalue weighted by Gasteiger charge is 2.26. The second-order valence-corrected chi connectivity index (χ2v) is 8.50. The molecule has 38 heavy (non-hydrogen) atoms. The molecule has 0 saturated heterocycles. The van der Waals surface area contributed by atoms with Gasteiger partial charge in [0, 0.05) is 16.8 Å². The maximum atomic E-state index is 13.0. The highest BCUT2D eigenvalue weighted by atomic mass is 16.7. The number of rotatable bonds is 8. The van der Waals surface area contributed by atoms with Crippen LogP contribution in [-0.2, 0) is 11.3 Å². The molecule has 5 rings (SSSR count). The first-order valence-electron chi connectivity index (χ1n) is 11.6. The number of nitrogens with zero attached hydrogens (tertiary/aromatic N) is 2. The Bertz CT molecular complexity index is 1560. The summed E-state index contributed by atoms with van der Waals surface area (Å²) in [4.78, 5) is 27.8. The van der Waals surface area contributed by atoms with Crippen molar-refractivity contribution in [3.63, 3.8) is 0 Å². The minimum atomic E-state index is -0.684. The van der Waals surface area contributed by atoms with Gasteiger partial charge in [0.25, 0.3) is 5.91 Å². The highest BCUT2D eigenvalue weighted by Crippen LogP contribution is 2.38. The standard InChI is InChI=1S/C26H25N7O5/c1-36-20-11-15(10-16-12-37-13-38-22(16)20)21(30-17-8-6-14(7-9-17)23(27)28)25-31-26(35)33(32-25)19-5-3-2-4-18(19)24(29)34/h2-11,21,30H,12-13H2,1H3,(H3,27,28)(H2,29,34)(H,31,32,35)/t21-/m0/s1. The van der Waals surface area contributed by atoms with Gasteiger partial charge in [-0.1, -0.05) is 12.1 Å². The lowest BCUT2D eigenvalue weighted by Crippen LogP contribution is -2.21. The topological polar surface area (TPSA) is 183 Å². The number of para-hydroxylation sites is 1. The van der Waals surface area contributed by atoms with Crippen LogP contribution >= 0.6 is 0 Å². The van der Waals surface area contributed by atoms with Gasteiger partial charge in [-0.2, -0.15) is 4.68 Å². The lowest BCUT2D eigenvalue weighted by atomic mass is 10.0. The van der Waals surface area contributed by atoms with E-state index >= 15 is 0 Å². The lowest BCUT2D eigenvalue weighted by molar-refractivity contribution is -0.0180. The van der Waals surface area contributed by atoms with Crippen LogP contribution in [0.15, 0.2) is 65.5 Å². The van der Waals surface area contributed by atoms with Crippen LogP contribution in [0.5, 0.6) is 11.5 Å². The minimum absolute atomic E-state index is 0.0521. The zero-order valence-corrected chi connectivity index (χ0v) is 20.4. The lowest BCUT2D eigenvalue weighted by Gasteiger charge is -2.24. The van der Waals surface area contributed by atoms with Crippen molar-refractivity contribution in [2.45, 2.75) is 12.6 Å². The summed E-state index contributed by atoms with van der Waals surface area (Å²) in [5.41, 5.74) is 13.7. The Hall–Kier alpha value is -5.10. The fraction of sp³-hybridized carbons (Fsp3) is 0.154. The summed E-state index contributed by atoms with van der Waals surface area (Å²) in [6, 6.07) is 16.4. The molecule has 1 aliphatic rings. The number of hydrogen-bond acceptors (Lipinski definition) is 8. The van der Waals surface area contributed by atoms with Crippen LogP contribution in [0.3, 0.4) is 0 Å². The van der Waals surface area contributed by atoms with Crippen LogP contribution in [0, 0.1) is 5.41 Å². The molecule has 7 N–H and O–H groups in total. The number of amidine groups is 1. The summed E-state index contributed by atoms with van der Waals surface area (Å²) in [6.07, 6.45) is 0. The van der Waals surface area contributed by atoms with E-state index in [1.54, 1.807) is 55.6 Å². The molecule has 0 aliphatic carbocycles. The van der Waals surface area contributed by atoms with Crippen molar-refractivity contribution >= 4 is 17.4 Å². The van der Waals surface area contributed by atoms with Crippen LogP contribution in [-0.4, -0.2) is 40.4 Å². The average Bonchev–Trinajstić information content (AvgIpc) is 3.32. The Morgan fingerprint density at radius 3 is 2.66 bits per heavy atom. The Morgan fingerprint density at radius 1 is 1.18 bits per heavy atom. The van der Waals surface area contributed by atoms with Gasteiger partial charge in [-0.3, -0.25) is 15.2 Å². The van der Waals surface area contributed by atoms with E-state index in [2.05, 4.69) is 15.4 Å². The van der Waals surface area contributed by atoms with Gasteiger partial charge in [0.05, 0.1) is 25.0 Å². The van der Waals surface area contributed by atoms with Crippen LogP contribution in [0.2, 0.25) is 0 Å². The molecule has 0 saturated carbocycles. The van der Waals surface area contributed by atoms with Crippen molar-refractivity contribution < 1.29 is 19.0 Å². The van der Waals surface area contributed by atoms with E-state index in [-0.39, 0.29) is 29.7 Å². The molecule has 0 bridgehead atoms. The molecule has 2 heterocycles. The molecule has 0 unspecified atom stereocenters. The smallest absolute Gasteiger partial charge is 0.348 e. The number of fused-ring (bicyclic) bond motifs is 1. The van der Waals surface area contributed by atoms with E-state index in [1.807, 2.05) is 6.07 Å². The van der Waals surface area contributed by atoms with Gasteiger partial charge in [-0.25, -0.2) is 4.79 Å². The summed E-state index contributed by atoms with van der Waals surface area (Å²) in [5.74, 6) is 0.617. The van der Waals surface area contributed by atoms with Crippen LogP contribution in [0.25, 0.3) is 5.69 Å². The van der Waals surface area contributed by atoms with Crippen molar-refractivity contribution in [1.29, 1.82) is 5.41 Å². The first kappa shape index (κ1) is 24.6. The van der Waals surface area contributed by atoms with Gasteiger partial charge in [-0.05, 0) is 54.1 Å². The number of aromatic amines is 1. The van der Waals surface area contributed by atoms with E-state index in [0.717, 1.165) is 10.2 Å². The molecule has 4 aromatic rings. The first-order valence-corrected chi connectivity index (χ1v) is 11.6. The van der Waals surface area contributed by atoms with Crippen molar-refractivity contribution in [2.24, 2.45) is 11.5 Å². The summed E-state index contributed by atoms with van der Waals surface area (Å²) < 4.78 is 17.8. The van der Waals surface area contributed by atoms with Crippen LogP contribution in [0.4, 0.5) is 5.69 Å². The predicted octanol–water partition coefficient (Wildman–Crippen LogP) is 2.02. The Morgan fingerprint density at radius 2 is 1.95 bits per heavy atom. The summed E-state index contributed by atoms with van der Waals surface area (Å²) in [7, 11) is 1.54. The number of carbonyl (C=O) groups excluding carboxylic acids is 1. The van der Waals surface area contributed by atoms with Gasteiger partial charge in [0.2, 0.25) is 0 Å². The number of carbonyl (C=O) groups is 1. The molecule has 3 aromatic carbocycles. The second kappa shape index (κ2) is 10.1. The number of methoxy groups -OCH3 is 1. The summed E-state index contributed by atoms with van der Waals surface area (Å²) in [5, 5.41) is 15.5. The number of nitrogen functional groups attached to an aromatic ring is 1. The molecule has 194 valence electrons. The highest BCUT2D eigenvalue weighted by molar-refractivity contribution is 5.96. The molecule has 1 amide bonds. The van der Waals surface area contributed by atoms with Gasteiger partial charge in [-0.15, -0.1) is 5.10 Å². The van der Waals surface area contributed by atoms with E-state index < -0.39 is 17.6 Å². The number of ether oxygens (including phenoxy) is 3. The molecule has 1 aliphatic heterocycles. The van der Waals surface area contributed by atoms with E-state index in [4.69, 9.17) is 31.1 Å². The molecule has 1 atom stereocenters. The Labute approximate surface area is 216 Å². The Balaban J connectivity index is 1.63. The maximum Gasteiger partial charge on any atom is 0.348 e. The number of aromatic nitrogens is 3. The average molecular weight is 516 g/mol. The quantitative estimate of drug-likeness (QED) is 0.174. The summed E-state index contributed by atoms with van der Waals surface area (Å²) >= 11 is 0. The third-order valence-electron chi connectivity index (χ3n) is 6.06. The van der Waals surface area contributed by atoms with Gasteiger partial charge < -0.3 is 31.0 Å². The SMILES string of the molecule is COc1cc([C@H](Nc2ccc(C(=N)N)cc2)c2nn(-c3ccccc3C(N)=O)c(=O)[nH]2)cc2c1OCOC2. The third-order valence-corrected chi connectivity index (χ3v) is 6.06. The number of amides is 1. The van der Waals surface area contributed by atoms with Gasteiger partial charge >= 0.3 is 5.69 Å². The number of anilines is 1. The number of benzene rings is 3. The number of hydrogen-bond donors (Lipinski definition) is 5. The molecule has 0 radical (unpaired) electrons. The third kappa shape index (κ3) is 4.67. The molecule has 12 heteroatoms. The number of H-pyrrole nitrogens is 1. The predicted molar refractivity (Wildman–Crippen MR) is 139 cm³/mol. The maximum absolute atomic E-state index is 13.0. The molecule has 0 spiro atoms. The zero-order chi connectivity index (χ0) is 26.8. The van der Waals surface area contributed by atoms with Crippen molar-refractivity contribution in [2.75, 3.05) is 19.2 Å². The number of nitrogens with two attached hydrogens (primary N) is 2. The molecule has 12 nitrogen and oxygen atoms in total. The second-order valence-electron chi connectivity index (χ2n) is 8.50. The summed E-state index contributed by atoms with van der Waals surface area (Å²) in [6.45, 7) is 0.431. The molecular weight excluding hydrogens is 490 g/mol. The van der Waals surface area contributed by atoms with Crippen molar-refractivity contribution in [3.8, 4) is 17.2 Å². The monoisotopic (exact) mass is 515 g/mol. The molecule has 0 fully saturated rings. The fourth-order valence-electron chi connectivity index (χ4n) is 4.25. The van der Waals surface area contributed by atoms with Crippen LogP contribution < -0.4 is 31.9 Å². The molecule has 1 aromatic heterocycles. The Kier molecular flexibility index (Phi) is 6.54. The molecular formula is C26H25N7O5. The van der Waals surface area contributed by atoms with E-state index in [9.17, 15) is 9.59 Å². The van der Waals surface area contributed by atoms with Crippen LogP contribution in [0.1, 0.15) is 38.9 Å². The van der Waals surface area contributed by atoms with Crippen molar-refractivity contribution in [1.82, 2.24) is 14.8 Å². The van der Waals surface area contributed by atoms with Gasteiger partial charge in [0.1, 0.15) is 11.9 Å². The fourth-order valence-corrected chi connectivity index (χ4v) is 4.25. The first-order chi connectivity index (χ1) is 18.4. The van der Waals surface area contributed by atoms with Gasteiger partial charge in [0.15, 0.2) is 24.1 Å². The van der Waals surface area contributed by atoms with E-state index in [0.29, 0.717) is 34.9 Å². The number of primary amides is 1. The minimum Gasteiger partial charge on any atom is -0.493 e.